The summed E-state index contributed by atoms with van der Waals surface area (Å²) in [5.41, 5.74) is 7.76. The number of para-hydroxylation sites is 1. The Morgan fingerprint density at radius 1 is 1.29 bits per heavy atom. The zero-order valence-corrected chi connectivity index (χ0v) is 13.7. The van der Waals surface area contributed by atoms with Crippen LogP contribution in [0, 0.1) is 0 Å². The summed E-state index contributed by atoms with van der Waals surface area (Å²) in [6.07, 6.45) is 6.18. The molecule has 1 aliphatic heterocycles. The molecular weight excluding hydrogens is 260 g/mol. The van der Waals surface area contributed by atoms with Crippen molar-refractivity contribution in [3.05, 3.63) is 29.8 Å². The van der Waals surface area contributed by atoms with E-state index in [1.807, 2.05) is 12.1 Å². The predicted octanol–water partition coefficient (Wildman–Crippen LogP) is 3.74. The Labute approximate surface area is 129 Å². The predicted molar refractivity (Wildman–Crippen MR) is 88.6 cm³/mol. The Morgan fingerprint density at radius 2 is 2.05 bits per heavy atom. The molecule has 0 bridgehead atoms. The van der Waals surface area contributed by atoms with Crippen LogP contribution < -0.4 is 10.5 Å². The molecule has 2 rings (SSSR count). The Bertz CT molecular complexity index is 435. The summed E-state index contributed by atoms with van der Waals surface area (Å²) in [4.78, 5) is 2.61. The van der Waals surface area contributed by atoms with Crippen molar-refractivity contribution in [3.8, 4) is 5.75 Å². The number of hydrogen-bond donors (Lipinski definition) is 1. The third-order valence-corrected chi connectivity index (χ3v) is 4.80. The minimum Gasteiger partial charge on any atom is -0.496 e. The van der Waals surface area contributed by atoms with Crippen molar-refractivity contribution < 1.29 is 4.74 Å². The van der Waals surface area contributed by atoms with Crippen molar-refractivity contribution in [2.75, 3.05) is 13.7 Å². The van der Waals surface area contributed by atoms with E-state index in [1.165, 1.54) is 31.2 Å². The maximum absolute atomic E-state index is 6.52. The van der Waals surface area contributed by atoms with Crippen molar-refractivity contribution in [2.24, 2.45) is 5.73 Å². The SMILES string of the molecule is CCC(N)C(c1ccccc1OC)N1CCCCCC1C. The van der Waals surface area contributed by atoms with E-state index in [9.17, 15) is 0 Å². The molecule has 3 heteroatoms. The number of nitrogens with two attached hydrogens (primary N) is 1. The smallest absolute Gasteiger partial charge is 0.123 e. The van der Waals surface area contributed by atoms with Crippen LogP contribution in [-0.4, -0.2) is 30.6 Å². The van der Waals surface area contributed by atoms with Crippen molar-refractivity contribution in [3.63, 3.8) is 0 Å². The van der Waals surface area contributed by atoms with Gasteiger partial charge in [0.05, 0.1) is 13.2 Å². The average Bonchev–Trinajstić information content (AvgIpc) is 2.73. The highest BCUT2D eigenvalue weighted by atomic mass is 16.5. The molecule has 3 atom stereocenters. The summed E-state index contributed by atoms with van der Waals surface area (Å²) < 4.78 is 5.60. The maximum Gasteiger partial charge on any atom is 0.123 e. The van der Waals surface area contributed by atoms with Crippen LogP contribution in [0.15, 0.2) is 24.3 Å². The van der Waals surface area contributed by atoms with Crippen LogP contribution in [0.4, 0.5) is 0 Å². The van der Waals surface area contributed by atoms with Gasteiger partial charge in [-0.1, -0.05) is 38.0 Å². The van der Waals surface area contributed by atoms with Crippen LogP contribution in [0.1, 0.15) is 57.6 Å². The minimum absolute atomic E-state index is 0.141. The molecule has 1 aliphatic rings. The van der Waals surface area contributed by atoms with Crippen molar-refractivity contribution in [1.29, 1.82) is 0 Å². The van der Waals surface area contributed by atoms with E-state index >= 15 is 0 Å². The summed E-state index contributed by atoms with van der Waals surface area (Å²) in [5, 5.41) is 0. The zero-order chi connectivity index (χ0) is 15.2. The molecule has 1 saturated heterocycles. The quantitative estimate of drug-likeness (QED) is 0.898. The number of benzene rings is 1. The van der Waals surface area contributed by atoms with Crippen molar-refractivity contribution in [1.82, 2.24) is 4.90 Å². The highest BCUT2D eigenvalue weighted by molar-refractivity contribution is 5.37. The van der Waals surface area contributed by atoms with E-state index in [1.54, 1.807) is 7.11 Å². The second kappa shape index (κ2) is 7.81. The van der Waals surface area contributed by atoms with Crippen LogP contribution in [0.25, 0.3) is 0 Å². The van der Waals surface area contributed by atoms with E-state index in [4.69, 9.17) is 10.5 Å². The number of methoxy groups -OCH3 is 1. The van der Waals surface area contributed by atoms with Gasteiger partial charge < -0.3 is 10.5 Å². The normalized spacial score (nSPS) is 23.3. The fraction of sp³-hybridized carbons (Fsp3) is 0.667. The van der Waals surface area contributed by atoms with Crippen molar-refractivity contribution >= 4 is 0 Å². The second-order valence-electron chi connectivity index (χ2n) is 6.20. The third-order valence-electron chi connectivity index (χ3n) is 4.80. The van der Waals surface area contributed by atoms with Gasteiger partial charge in [-0.25, -0.2) is 0 Å². The van der Waals surface area contributed by atoms with Crippen LogP contribution in [0.3, 0.4) is 0 Å². The topological polar surface area (TPSA) is 38.5 Å². The van der Waals surface area contributed by atoms with Gasteiger partial charge in [0.25, 0.3) is 0 Å². The number of nitrogens with zero attached hydrogens (tertiary/aromatic N) is 1. The lowest BCUT2D eigenvalue weighted by atomic mass is 9.93. The molecule has 1 aromatic rings. The summed E-state index contributed by atoms with van der Waals surface area (Å²) in [6.45, 7) is 5.66. The summed E-state index contributed by atoms with van der Waals surface area (Å²) in [6, 6.07) is 9.32. The first-order chi connectivity index (χ1) is 10.2. The third kappa shape index (κ3) is 3.78. The second-order valence-corrected chi connectivity index (χ2v) is 6.20. The summed E-state index contributed by atoms with van der Waals surface area (Å²) in [7, 11) is 1.75. The first-order valence-electron chi connectivity index (χ1n) is 8.33. The van der Waals surface area contributed by atoms with Gasteiger partial charge >= 0.3 is 0 Å². The number of likely N-dealkylation sites (tertiary alicyclic amines) is 1. The molecule has 1 heterocycles. The number of hydrogen-bond acceptors (Lipinski definition) is 3. The van der Waals surface area contributed by atoms with Gasteiger partial charge in [0.2, 0.25) is 0 Å². The highest BCUT2D eigenvalue weighted by Gasteiger charge is 2.31. The Balaban J connectivity index is 2.37. The highest BCUT2D eigenvalue weighted by Crippen LogP contribution is 2.35. The fourth-order valence-corrected chi connectivity index (χ4v) is 3.50. The van der Waals surface area contributed by atoms with Gasteiger partial charge in [0.1, 0.15) is 5.75 Å². The monoisotopic (exact) mass is 290 g/mol. The molecule has 0 saturated carbocycles. The van der Waals surface area contributed by atoms with E-state index in [-0.39, 0.29) is 12.1 Å². The summed E-state index contributed by atoms with van der Waals surface area (Å²) in [5.74, 6) is 0.961. The molecule has 3 nitrogen and oxygen atoms in total. The molecule has 21 heavy (non-hydrogen) atoms. The maximum atomic E-state index is 6.52. The van der Waals surface area contributed by atoms with Crippen LogP contribution in [0.5, 0.6) is 5.75 Å². The largest absolute Gasteiger partial charge is 0.496 e. The van der Waals surface area contributed by atoms with Crippen LogP contribution in [-0.2, 0) is 0 Å². The molecule has 0 amide bonds. The van der Waals surface area contributed by atoms with E-state index in [2.05, 4.69) is 30.9 Å². The first kappa shape index (κ1) is 16.3. The molecule has 1 fully saturated rings. The van der Waals surface area contributed by atoms with Gasteiger partial charge in [0, 0.05) is 17.6 Å². The first-order valence-corrected chi connectivity index (χ1v) is 8.33. The standard InChI is InChI=1S/C18H30N2O/c1-4-16(19)18(15-11-7-8-12-17(15)21-3)20-13-9-5-6-10-14(20)2/h7-8,11-12,14,16,18H,4-6,9-10,13,19H2,1-3H3. The molecule has 2 N–H and O–H groups in total. The lowest BCUT2D eigenvalue weighted by molar-refractivity contribution is 0.122. The molecule has 1 aromatic carbocycles. The Kier molecular flexibility index (Phi) is 6.07. The van der Waals surface area contributed by atoms with E-state index in [0.717, 1.165) is 18.7 Å². The lowest BCUT2D eigenvalue weighted by Crippen LogP contribution is -2.45. The molecular formula is C18H30N2O. The summed E-state index contributed by atoms with van der Waals surface area (Å²) >= 11 is 0. The van der Waals surface area contributed by atoms with Crippen molar-refractivity contribution in [2.45, 2.75) is 64.1 Å². The molecule has 0 aromatic heterocycles. The Morgan fingerprint density at radius 3 is 2.76 bits per heavy atom. The van der Waals surface area contributed by atoms with Crippen LogP contribution in [0.2, 0.25) is 0 Å². The zero-order valence-electron chi connectivity index (χ0n) is 13.7. The van der Waals surface area contributed by atoms with Crippen LogP contribution >= 0.6 is 0 Å². The fourth-order valence-electron chi connectivity index (χ4n) is 3.50. The van der Waals surface area contributed by atoms with Gasteiger partial charge in [-0.05, 0) is 38.8 Å². The molecule has 0 aliphatic carbocycles. The van der Waals surface area contributed by atoms with E-state index < -0.39 is 0 Å². The average molecular weight is 290 g/mol. The van der Waals surface area contributed by atoms with Gasteiger partial charge in [0.15, 0.2) is 0 Å². The van der Waals surface area contributed by atoms with E-state index in [0.29, 0.717) is 6.04 Å². The van der Waals surface area contributed by atoms with Gasteiger partial charge in [-0.2, -0.15) is 0 Å². The number of ether oxygens (including phenoxy) is 1. The number of rotatable bonds is 5. The molecule has 118 valence electrons. The van der Waals surface area contributed by atoms with Gasteiger partial charge in [-0.3, -0.25) is 4.90 Å². The van der Waals surface area contributed by atoms with Gasteiger partial charge in [-0.15, -0.1) is 0 Å². The molecule has 0 radical (unpaired) electrons. The lowest BCUT2D eigenvalue weighted by Gasteiger charge is -2.39. The molecule has 0 spiro atoms. The Hall–Kier alpha value is -1.06. The molecule has 3 unspecified atom stereocenters. The minimum atomic E-state index is 0.141.